The van der Waals surface area contributed by atoms with Gasteiger partial charge in [0.15, 0.2) is 0 Å². The molecule has 0 bridgehead atoms. The molecule has 14 heavy (non-hydrogen) atoms. The number of carbonyl (C=O) groups is 1. The van der Waals surface area contributed by atoms with Crippen LogP contribution in [0.1, 0.15) is 0 Å². The Morgan fingerprint density at radius 2 is 1.86 bits per heavy atom. The lowest BCUT2D eigenvalue weighted by molar-refractivity contribution is -0.133. The minimum atomic E-state index is -3.74. The zero-order chi connectivity index (χ0) is 10.6. The number of carboxylic acids is 1. The number of hydrogen-bond donors (Lipinski definition) is 2. The van der Waals surface area contributed by atoms with E-state index in [1.807, 2.05) is 4.72 Å². The average Bonchev–Trinajstić information content (AvgIpc) is 2.16. The van der Waals surface area contributed by atoms with Crippen LogP contribution >= 0.6 is 0 Å². The zero-order valence-corrected chi connectivity index (χ0v) is 7.86. The molecular weight excluding hydrogens is 206 g/mol. The molecule has 75 valence electrons. The number of aliphatic carboxylic acids is 1. The van der Waals surface area contributed by atoms with Gasteiger partial charge < -0.3 is 5.11 Å². The maximum absolute atomic E-state index is 11.3. The van der Waals surface area contributed by atoms with Crippen LogP contribution in [0.25, 0.3) is 0 Å². The van der Waals surface area contributed by atoms with Gasteiger partial charge >= 0.3 is 5.97 Å². The molecule has 0 saturated carbocycles. The molecular formula is C8H8NO4S. The predicted molar refractivity (Wildman–Crippen MR) is 48.7 cm³/mol. The molecule has 0 saturated heterocycles. The summed E-state index contributed by atoms with van der Waals surface area (Å²) in [4.78, 5) is 10.1. The largest absolute Gasteiger partial charge is 0.480 e. The fourth-order valence-electron chi connectivity index (χ4n) is 0.796. The third kappa shape index (κ3) is 2.82. The summed E-state index contributed by atoms with van der Waals surface area (Å²) in [5, 5.41) is 8.24. The van der Waals surface area contributed by atoms with Gasteiger partial charge in [-0.3, -0.25) is 4.79 Å². The van der Waals surface area contributed by atoms with Crippen molar-refractivity contribution in [3.05, 3.63) is 36.9 Å². The normalized spacial score (nSPS) is 11.1. The van der Waals surface area contributed by atoms with Crippen molar-refractivity contribution in [1.29, 1.82) is 0 Å². The van der Waals surface area contributed by atoms with E-state index in [9.17, 15) is 13.2 Å². The molecule has 0 aliphatic carbocycles. The lowest BCUT2D eigenvalue weighted by Crippen LogP contribution is -2.24. The first-order chi connectivity index (χ1) is 6.52. The highest BCUT2D eigenvalue weighted by Gasteiger charge is 2.14. The zero-order valence-electron chi connectivity index (χ0n) is 7.04. The Labute approximate surface area is 81.4 Å². The van der Waals surface area contributed by atoms with Gasteiger partial charge in [0.05, 0.1) is 4.90 Å². The van der Waals surface area contributed by atoms with Crippen LogP contribution in [-0.2, 0) is 14.8 Å². The summed E-state index contributed by atoms with van der Waals surface area (Å²) < 4.78 is 24.5. The van der Waals surface area contributed by atoms with E-state index in [-0.39, 0.29) is 4.90 Å². The van der Waals surface area contributed by atoms with Crippen LogP contribution in [0.5, 0.6) is 0 Å². The van der Waals surface area contributed by atoms with Crippen molar-refractivity contribution < 1.29 is 18.3 Å². The Kier molecular flexibility index (Phi) is 3.21. The molecule has 0 spiro atoms. The lowest BCUT2D eigenvalue weighted by Gasteiger charge is -2.02. The summed E-state index contributed by atoms with van der Waals surface area (Å²) >= 11 is 0. The van der Waals surface area contributed by atoms with Gasteiger partial charge in [-0.25, -0.2) is 8.42 Å². The number of benzene rings is 1. The Morgan fingerprint density at radius 3 is 2.36 bits per heavy atom. The third-order valence-electron chi connectivity index (χ3n) is 1.39. The second-order valence-corrected chi connectivity index (χ2v) is 4.13. The van der Waals surface area contributed by atoms with Crippen LogP contribution in [0.4, 0.5) is 0 Å². The van der Waals surface area contributed by atoms with E-state index in [1.54, 1.807) is 18.2 Å². The number of hydrogen-bond acceptors (Lipinski definition) is 3. The molecule has 5 nitrogen and oxygen atoms in total. The highest BCUT2D eigenvalue weighted by molar-refractivity contribution is 7.89. The molecule has 0 fully saturated rings. The fourth-order valence-corrected chi connectivity index (χ4v) is 1.70. The molecule has 1 aromatic carbocycles. The Balaban J connectivity index is 2.82. The summed E-state index contributed by atoms with van der Waals surface area (Å²) in [5.41, 5.74) is 0. The number of nitrogens with one attached hydrogen (secondary N) is 1. The van der Waals surface area contributed by atoms with Gasteiger partial charge in [0.1, 0.15) is 6.54 Å². The van der Waals surface area contributed by atoms with Crippen LogP contribution in [0.15, 0.2) is 35.2 Å². The highest BCUT2D eigenvalue weighted by Crippen LogP contribution is 2.06. The Bertz CT molecular complexity index is 412. The monoisotopic (exact) mass is 214 g/mol. The Morgan fingerprint density at radius 1 is 1.29 bits per heavy atom. The smallest absolute Gasteiger partial charge is 0.324 e. The summed E-state index contributed by atoms with van der Waals surface area (Å²) in [6.45, 7) is 0.475. The van der Waals surface area contributed by atoms with Gasteiger partial charge in [-0.05, 0) is 12.1 Å². The number of carboxylic acid groups (broad SMARTS) is 1. The van der Waals surface area contributed by atoms with Crippen molar-refractivity contribution in [1.82, 2.24) is 4.72 Å². The first kappa shape index (κ1) is 10.7. The predicted octanol–water partition coefficient (Wildman–Crippen LogP) is 0.211. The molecule has 0 aromatic heterocycles. The van der Waals surface area contributed by atoms with Crippen molar-refractivity contribution >= 4 is 16.0 Å². The number of rotatable bonds is 4. The minimum Gasteiger partial charge on any atom is -0.480 e. The lowest BCUT2D eigenvalue weighted by atomic mass is 10.4. The molecule has 0 unspecified atom stereocenters. The van der Waals surface area contributed by atoms with Crippen LogP contribution in [-0.4, -0.2) is 19.5 Å². The van der Waals surface area contributed by atoms with Crippen molar-refractivity contribution in [2.45, 2.75) is 4.90 Å². The molecule has 0 aliphatic heterocycles. The fraction of sp³-hybridized carbons (Fsp3) is 0. The molecule has 1 rings (SSSR count). The molecule has 2 N–H and O–H groups in total. The molecule has 1 radical (unpaired) electrons. The van der Waals surface area contributed by atoms with Crippen LogP contribution in [0.3, 0.4) is 0 Å². The van der Waals surface area contributed by atoms with Gasteiger partial charge in [0.25, 0.3) is 0 Å². The van der Waals surface area contributed by atoms with E-state index in [2.05, 4.69) is 0 Å². The molecule has 0 heterocycles. The van der Waals surface area contributed by atoms with Crippen molar-refractivity contribution in [3.63, 3.8) is 0 Å². The standard InChI is InChI=1S/C8H8NO4S/c10-8(11)6-9-14(12,13)7-4-2-1-3-5-7/h1-6,9H,(H,10,11). The summed E-state index contributed by atoms with van der Waals surface area (Å²) in [6.07, 6.45) is 0. The van der Waals surface area contributed by atoms with Crippen LogP contribution in [0, 0.1) is 6.54 Å². The maximum atomic E-state index is 11.3. The maximum Gasteiger partial charge on any atom is 0.324 e. The van der Waals surface area contributed by atoms with E-state index < -0.39 is 16.0 Å². The van der Waals surface area contributed by atoms with Crippen molar-refractivity contribution in [3.8, 4) is 0 Å². The van der Waals surface area contributed by atoms with Crippen molar-refractivity contribution in [2.24, 2.45) is 0 Å². The highest BCUT2D eigenvalue weighted by atomic mass is 32.2. The van der Waals surface area contributed by atoms with Gasteiger partial charge in [-0.2, -0.15) is 4.72 Å². The van der Waals surface area contributed by atoms with Crippen molar-refractivity contribution in [2.75, 3.05) is 0 Å². The molecule has 6 heteroatoms. The van der Waals surface area contributed by atoms with E-state index >= 15 is 0 Å². The van der Waals surface area contributed by atoms with Gasteiger partial charge in [-0.15, -0.1) is 0 Å². The summed E-state index contributed by atoms with van der Waals surface area (Å²) in [6, 6.07) is 7.51. The topological polar surface area (TPSA) is 83.5 Å². The first-order valence-electron chi connectivity index (χ1n) is 3.66. The van der Waals surface area contributed by atoms with Gasteiger partial charge in [-0.1, -0.05) is 18.2 Å². The summed E-state index contributed by atoms with van der Waals surface area (Å²) in [5.74, 6) is -1.34. The molecule has 0 aliphatic rings. The van der Waals surface area contributed by atoms with Gasteiger partial charge in [0.2, 0.25) is 10.0 Å². The SMILES string of the molecule is O=C(O)[CH]NS(=O)(=O)c1ccccc1. The van der Waals surface area contributed by atoms with Crippen LogP contribution in [0.2, 0.25) is 0 Å². The van der Waals surface area contributed by atoms with Gasteiger partial charge in [0, 0.05) is 0 Å². The summed E-state index contributed by atoms with van der Waals surface area (Å²) in [7, 11) is -3.74. The molecule has 0 amide bonds. The first-order valence-corrected chi connectivity index (χ1v) is 5.14. The molecule has 1 aromatic rings. The van der Waals surface area contributed by atoms with E-state index in [1.165, 1.54) is 12.1 Å². The van der Waals surface area contributed by atoms with E-state index in [0.29, 0.717) is 6.54 Å². The third-order valence-corrected chi connectivity index (χ3v) is 2.71. The molecule has 0 atom stereocenters. The van der Waals surface area contributed by atoms with E-state index in [0.717, 1.165) is 0 Å². The Hall–Kier alpha value is -1.40. The van der Waals surface area contributed by atoms with Crippen LogP contribution < -0.4 is 4.72 Å². The average molecular weight is 214 g/mol. The second-order valence-electron chi connectivity index (χ2n) is 2.42. The number of sulfonamides is 1. The van der Waals surface area contributed by atoms with E-state index in [4.69, 9.17) is 5.11 Å². The quantitative estimate of drug-likeness (QED) is 0.750. The minimum absolute atomic E-state index is 0.0255. The second kappa shape index (κ2) is 4.21.